The van der Waals surface area contributed by atoms with E-state index in [1.807, 2.05) is 44.3 Å². The Morgan fingerprint density at radius 3 is 2.50 bits per heavy atom. The fourth-order valence-corrected chi connectivity index (χ4v) is 1.34. The summed E-state index contributed by atoms with van der Waals surface area (Å²) in [5.41, 5.74) is 1.14. The molecule has 1 N–H and O–H groups in total. The van der Waals surface area contributed by atoms with Crippen molar-refractivity contribution in [1.29, 1.82) is 0 Å². The molecule has 0 saturated carbocycles. The third-order valence-electron chi connectivity index (χ3n) is 2.33. The van der Waals surface area contributed by atoms with Crippen LogP contribution in [0.15, 0.2) is 30.3 Å². The molecule has 76 valence electrons. The number of rotatable bonds is 4. The van der Waals surface area contributed by atoms with Gasteiger partial charge < -0.3 is 5.11 Å². The zero-order valence-corrected chi connectivity index (χ0v) is 8.47. The summed E-state index contributed by atoms with van der Waals surface area (Å²) in [4.78, 5) is 12.3. The van der Waals surface area contributed by atoms with Crippen molar-refractivity contribution < 1.29 is 9.90 Å². The number of hydrogen-bond acceptors (Lipinski definition) is 2. The van der Waals surface area contributed by atoms with Crippen LogP contribution < -0.4 is 0 Å². The standard InChI is InChI=1S/C11H15NO2/c1-9(12(2)8-11(13)14)10-6-4-3-5-7-10/h3-7,9H,8H2,1-2H3,(H,13,14). The molecule has 0 heterocycles. The maximum absolute atomic E-state index is 10.5. The molecule has 1 rings (SSSR count). The maximum atomic E-state index is 10.5. The number of carboxylic acid groups (broad SMARTS) is 1. The number of carbonyl (C=O) groups is 1. The molecule has 1 aromatic carbocycles. The second-order valence-electron chi connectivity index (χ2n) is 3.40. The van der Waals surface area contributed by atoms with Gasteiger partial charge in [-0.25, -0.2) is 0 Å². The van der Waals surface area contributed by atoms with Gasteiger partial charge in [-0.1, -0.05) is 30.3 Å². The Kier molecular flexibility index (Phi) is 3.65. The van der Waals surface area contributed by atoms with E-state index in [0.717, 1.165) is 5.56 Å². The fourth-order valence-electron chi connectivity index (χ4n) is 1.34. The molecular formula is C11H15NO2. The lowest BCUT2D eigenvalue weighted by Gasteiger charge is -2.22. The molecule has 1 unspecified atom stereocenters. The second-order valence-corrected chi connectivity index (χ2v) is 3.40. The molecule has 0 aliphatic carbocycles. The third-order valence-corrected chi connectivity index (χ3v) is 2.33. The average molecular weight is 193 g/mol. The molecule has 0 aromatic heterocycles. The second kappa shape index (κ2) is 4.77. The largest absolute Gasteiger partial charge is 0.480 e. The van der Waals surface area contributed by atoms with E-state index >= 15 is 0 Å². The summed E-state index contributed by atoms with van der Waals surface area (Å²) in [5, 5.41) is 8.64. The lowest BCUT2D eigenvalue weighted by Crippen LogP contribution is -2.28. The Balaban J connectivity index is 2.65. The highest BCUT2D eigenvalue weighted by Gasteiger charge is 2.13. The molecule has 3 heteroatoms. The number of carboxylic acids is 1. The molecule has 0 bridgehead atoms. The van der Waals surface area contributed by atoms with Crippen molar-refractivity contribution in [2.45, 2.75) is 13.0 Å². The maximum Gasteiger partial charge on any atom is 0.317 e. The minimum atomic E-state index is -0.796. The smallest absolute Gasteiger partial charge is 0.317 e. The Bertz CT molecular complexity index is 297. The quantitative estimate of drug-likeness (QED) is 0.792. The Morgan fingerprint density at radius 2 is 2.00 bits per heavy atom. The van der Waals surface area contributed by atoms with Crippen LogP contribution in [0, 0.1) is 0 Å². The molecule has 0 fully saturated rings. The number of hydrogen-bond donors (Lipinski definition) is 1. The van der Waals surface area contributed by atoms with E-state index in [0.29, 0.717) is 0 Å². The van der Waals surface area contributed by atoms with Gasteiger partial charge >= 0.3 is 5.97 Å². The van der Waals surface area contributed by atoms with Crippen LogP contribution in [0.2, 0.25) is 0 Å². The van der Waals surface area contributed by atoms with E-state index in [1.165, 1.54) is 0 Å². The van der Waals surface area contributed by atoms with Gasteiger partial charge in [0.05, 0.1) is 6.54 Å². The fraction of sp³-hybridized carbons (Fsp3) is 0.364. The molecule has 0 spiro atoms. The summed E-state index contributed by atoms with van der Waals surface area (Å²) in [7, 11) is 1.81. The summed E-state index contributed by atoms with van der Waals surface area (Å²) in [5.74, 6) is -0.796. The minimum Gasteiger partial charge on any atom is -0.480 e. The minimum absolute atomic E-state index is 0.0655. The predicted molar refractivity (Wildman–Crippen MR) is 55.1 cm³/mol. The van der Waals surface area contributed by atoms with E-state index < -0.39 is 5.97 Å². The highest BCUT2D eigenvalue weighted by molar-refractivity contribution is 5.69. The molecule has 0 aliphatic rings. The van der Waals surface area contributed by atoms with Gasteiger partial charge in [-0.05, 0) is 19.5 Å². The van der Waals surface area contributed by atoms with Gasteiger partial charge in [0, 0.05) is 6.04 Å². The zero-order chi connectivity index (χ0) is 10.6. The van der Waals surface area contributed by atoms with E-state index in [9.17, 15) is 4.79 Å². The first-order valence-corrected chi connectivity index (χ1v) is 4.58. The lowest BCUT2D eigenvalue weighted by atomic mass is 10.1. The zero-order valence-electron chi connectivity index (χ0n) is 8.47. The van der Waals surface area contributed by atoms with Crippen molar-refractivity contribution in [1.82, 2.24) is 4.90 Å². The van der Waals surface area contributed by atoms with Crippen LogP contribution in [0.3, 0.4) is 0 Å². The summed E-state index contributed by atoms with van der Waals surface area (Å²) in [6.07, 6.45) is 0. The summed E-state index contributed by atoms with van der Waals surface area (Å²) < 4.78 is 0. The number of aliphatic carboxylic acids is 1. The van der Waals surface area contributed by atoms with E-state index in [1.54, 1.807) is 4.90 Å². The van der Waals surface area contributed by atoms with Crippen LogP contribution in [0.5, 0.6) is 0 Å². The van der Waals surface area contributed by atoms with Crippen LogP contribution in [0.25, 0.3) is 0 Å². The first-order chi connectivity index (χ1) is 6.61. The number of benzene rings is 1. The van der Waals surface area contributed by atoms with E-state index in [-0.39, 0.29) is 12.6 Å². The molecular weight excluding hydrogens is 178 g/mol. The molecule has 0 amide bonds. The first-order valence-electron chi connectivity index (χ1n) is 4.58. The Morgan fingerprint density at radius 1 is 1.43 bits per heavy atom. The first kappa shape index (κ1) is 10.7. The van der Waals surface area contributed by atoms with Crippen molar-refractivity contribution in [2.24, 2.45) is 0 Å². The highest BCUT2D eigenvalue weighted by atomic mass is 16.4. The van der Waals surface area contributed by atoms with Gasteiger partial charge in [-0.2, -0.15) is 0 Å². The normalized spacial score (nSPS) is 12.8. The van der Waals surface area contributed by atoms with Crippen molar-refractivity contribution in [2.75, 3.05) is 13.6 Å². The van der Waals surface area contributed by atoms with Crippen LogP contribution in [0.1, 0.15) is 18.5 Å². The van der Waals surface area contributed by atoms with Gasteiger partial charge in [0.2, 0.25) is 0 Å². The third kappa shape index (κ3) is 2.85. The summed E-state index contributed by atoms with van der Waals surface area (Å²) >= 11 is 0. The van der Waals surface area contributed by atoms with E-state index in [2.05, 4.69) is 0 Å². The molecule has 0 radical (unpaired) electrons. The highest BCUT2D eigenvalue weighted by Crippen LogP contribution is 2.17. The van der Waals surface area contributed by atoms with Gasteiger partial charge in [0.1, 0.15) is 0 Å². The van der Waals surface area contributed by atoms with Crippen molar-refractivity contribution in [3.8, 4) is 0 Å². The Hall–Kier alpha value is -1.35. The molecule has 3 nitrogen and oxygen atoms in total. The lowest BCUT2D eigenvalue weighted by molar-refractivity contribution is -0.138. The SMILES string of the molecule is CC(c1ccccc1)N(C)CC(=O)O. The molecule has 0 aliphatic heterocycles. The van der Waals surface area contributed by atoms with Gasteiger partial charge in [-0.3, -0.25) is 9.69 Å². The Labute approximate surface area is 84.0 Å². The van der Waals surface area contributed by atoms with E-state index in [4.69, 9.17) is 5.11 Å². The van der Waals surface area contributed by atoms with Crippen molar-refractivity contribution >= 4 is 5.97 Å². The van der Waals surface area contributed by atoms with Crippen LogP contribution in [-0.2, 0) is 4.79 Å². The van der Waals surface area contributed by atoms with Crippen LogP contribution in [-0.4, -0.2) is 29.6 Å². The van der Waals surface area contributed by atoms with Crippen molar-refractivity contribution in [3.63, 3.8) is 0 Å². The molecule has 0 saturated heterocycles. The molecule has 14 heavy (non-hydrogen) atoms. The molecule has 1 atom stereocenters. The molecule has 1 aromatic rings. The monoisotopic (exact) mass is 193 g/mol. The van der Waals surface area contributed by atoms with Crippen LogP contribution >= 0.6 is 0 Å². The van der Waals surface area contributed by atoms with Gasteiger partial charge in [-0.15, -0.1) is 0 Å². The topological polar surface area (TPSA) is 40.5 Å². The predicted octanol–water partition coefficient (Wildman–Crippen LogP) is 1.76. The van der Waals surface area contributed by atoms with Gasteiger partial charge in [0.15, 0.2) is 0 Å². The van der Waals surface area contributed by atoms with Crippen LogP contribution in [0.4, 0.5) is 0 Å². The number of likely N-dealkylation sites (N-methyl/N-ethyl adjacent to an activating group) is 1. The average Bonchev–Trinajstić information content (AvgIpc) is 2.17. The number of nitrogens with zero attached hydrogens (tertiary/aromatic N) is 1. The van der Waals surface area contributed by atoms with Crippen molar-refractivity contribution in [3.05, 3.63) is 35.9 Å². The summed E-state index contributed by atoms with van der Waals surface area (Å²) in [6, 6.07) is 10.0. The van der Waals surface area contributed by atoms with Gasteiger partial charge in [0.25, 0.3) is 0 Å². The summed E-state index contributed by atoms with van der Waals surface area (Å²) in [6.45, 7) is 2.06.